The molecular weight excluding hydrogens is 441 g/mol. The molecule has 1 fully saturated rings. The largest absolute Gasteiger partial charge is 0.483 e. The third-order valence-corrected chi connectivity index (χ3v) is 7.74. The molecule has 5 nitrogen and oxygen atoms in total. The molecule has 1 aromatic heterocycles. The van der Waals surface area contributed by atoms with Gasteiger partial charge in [0.1, 0.15) is 11.6 Å². The molecule has 1 saturated heterocycles. The maximum Gasteiger partial charge on any atom is 0.186 e. The van der Waals surface area contributed by atoms with Gasteiger partial charge in [-0.2, -0.15) is 0 Å². The molecule has 158 valence electrons. The average molecular weight is 464 g/mol. The maximum atomic E-state index is 6.22. The molecule has 0 bridgehead atoms. The van der Waals surface area contributed by atoms with Crippen LogP contribution in [0.2, 0.25) is 10.0 Å². The number of fused-ring (bicyclic) bond motifs is 2. The Morgan fingerprint density at radius 3 is 2.77 bits per heavy atom. The number of ether oxygens (including phenoxy) is 2. The minimum Gasteiger partial charge on any atom is -0.483 e. The Kier molecular flexibility index (Phi) is 5.67. The Bertz CT molecular complexity index is 1020. The van der Waals surface area contributed by atoms with Crippen molar-refractivity contribution in [2.24, 2.45) is 5.92 Å². The maximum absolute atomic E-state index is 6.22. The van der Waals surface area contributed by atoms with Gasteiger partial charge in [0.15, 0.2) is 22.9 Å². The lowest BCUT2D eigenvalue weighted by molar-refractivity contribution is -0.0232. The first kappa shape index (κ1) is 20.2. The van der Waals surface area contributed by atoms with Crippen LogP contribution in [-0.2, 0) is 0 Å². The lowest BCUT2D eigenvalue weighted by atomic mass is 9.96. The number of nitrogens with zero attached hydrogens (tertiary/aromatic N) is 3. The number of para-hydroxylation sites is 1. The first-order chi connectivity index (χ1) is 14.6. The normalized spacial score (nSPS) is 19.6. The third kappa shape index (κ3) is 3.94. The minimum absolute atomic E-state index is 0.128. The van der Waals surface area contributed by atoms with E-state index in [1.807, 2.05) is 12.1 Å². The van der Waals surface area contributed by atoms with Gasteiger partial charge < -0.3 is 14.4 Å². The molecule has 2 aromatic carbocycles. The number of hydrogen-bond acceptors (Lipinski definition) is 6. The second-order valence-corrected chi connectivity index (χ2v) is 9.70. The number of rotatable bonds is 4. The predicted molar refractivity (Wildman–Crippen MR) is 124 cm³/mol. The number of hydrogen-bond donors (Lipinski definition) is 0. The van der Waals surface area contributed by atoms with Gasteiger partial charge in [-0.25, -0.2) is 4.98 Å². The zero-order chi connectivity index (χ0) is 20.7. The lowest BCUT2D eigenvalue weighted by Gasteiger charge is -2.37. The van der Waals surface area contributed by atoms with Crippen molar-refractivity contribution in [3.63, 3.8) is 0 Å². The fourth-order valence-corrected chi connectivity index (χ4v) is 5.50. The molecule has 0 spiro atoms. The van der Waals surface area contributed by atoms with Crippen molar-refractivity contribution in [1.29, 1.82) is 0 Å². The van der Waals surface area contributed by atoms with Crippen LogP contribution >= 0.6 is 34.5 Å². The summed E-state index contributed by atoms with van der Waals surface area (Å²) < 4.78 is 13.3. The van der Waals surface area contributed by atoms with Crippen LogP contribution in [0.25, 0.3) is 10.2 Å². The first-order valence-electron chi connectivity index (χ1n) is 10.2. The van der Waals surface area contributed by atoms with E-state index in [0.29, 0.717) is 34.1 Å². The van der Waals surface area contributed by atoms with E-state index in [1.165, 1.54) is 4.70 Å². The van der Waals surface area contributed by atoms with Gasteiger partial charge in [0, 0.05) is 19.6 Å². The van der Waals surface area contributed by atoms with Crippen LogP contribution in [0.4, 0.5) is 5.13 Å². The summed E-state index contributed by atoms with van der Waals surface area (Å²) in [5, 5.41) is 2.03. The number of benzene rings is 2. The highest BCUT2D eigenvalue weighted by Gasteiger charge is 2.30. The molecule has 2 aliphatic rings. The zero-order valence-electron chi connectivity index (χ0n) is 16.7. The summed E-state index contributed by atoms with van der Waals surface area (Å²) in [6.07, 6.45) is 2.16. The average Bonchev–Trinajstić information content (AvgIpc) is 3.21. The number of piperidine rings is 1. The van der Waals surface area contributed by atoms with Crippen LogP contribution in [0.5, 0.6) is 11.5 Å². The molecule has 0 amide bonds. The third-order valence-electron chi connectivity index (χ3n) is 5.85. The molecule has 3 heterocycles. The summed E-state index contributed by atoms with van der Waals surface area (Å²) in [7, 11) is 2.09. The minimum atomic E-state index is -0.128. The van der Waals surface area contributed by atoms with Crippen LogP contribution in [0.1, 0.15) is 12.8 Å². The highest BCUT2D eigenvalue weighted by molar-refractivity contribution is 7.22. The summed E-state index contributed by atoms with van der Waals surface area (Å²) >= 11 is 14.1. The lowest BCUT2D eigenvalue weighted by Crippen LogP contribution is -2.47. The molecule has 1 atom stereocenters. The van der Waals surface area contributed by atoms with Gasteiger partial charge in [0.05, 0.1) is 15.2 Å². The van der Waals surface area contributed by atoms with Crippen molar-refractivity contribution in [3.05, 3.63) is 46.4 Å². The number of anilines is 1. The molecule has 30 heavy (non-hydrogen) atoms. The van der Waals surface area contributed by atoms with E-state index in [1.54, 1.807) is 17.4 Å². The SMILES string of the molecule is CN(CC1CCN(c2nc3ccccc3s2)CC1)C1COc2c(ccc(Cl)c2Cl)O1. The molecule has 5 rings (SSSR count). The molecule has 0 N–H and O–H groups in total. The van der Waals surface area contributed by atoms with Crippen molar-refractivity contribution in [1.82, 2.24) is 9.88 Å². The van der Waals surface area contributed by atoms with E-state index >= 15 is 0 Å². The molecule has 8 heteroatoms. The van der Waals surface area contributed by atoms with Crippen molar-refractivity contribution in [2.45, 2.75) is 19.1 Å². The quantitative estimate of drug-likeness (QED) is 0.506. The van der Waals surface area contributed by atoms with Crippen molar-refractivity contribution >= 4 is 49.9 Å². The van der Waals surface area contributed by atoms with Crippen molar-refractivity contribution in [2.75, 3.05) is 38.2 Å². The second-order valence-electron chi connectivity index (χ2n) is 7.91. The van der Waals surface area contributed by atoms with E-state index < -0.39 is 0 Å². The van der Waals surface area contributed by atoms with Crippen LogP contribution in [0.15, 0.2) is 36.4 Å². The van der Waals surface area contributed by atoms with Crippen LogP contribution in [0, 0.1) is 5.92 Å². The molecule has 3 aromatic rings. The van der Waals surface area contributed by atoms with Crippen LogP contribution in [-0.4, -0.2) is 49.4 Å². The predicted octanol–water partition coefficient (Wildman–Crippen LogP) is 5.55. The number of thiazole rings is 1. The summed E-state index contributed by atoms with van der Waals surface area (Å²) in [5.41, 5.74) is 1.09. The van der Waals surface area contributed by atoms with Gasteiger partial charge in [0.25, 0.3) is 0 Å². The highest BCUT2D eigenvalue weighted by Crippen LogP contribution is 2.42. The van der Waals surface area contributed by atoms with E-state index in [-0.39, 0.29) is 6.23 Å². The Balaban J connectivity index is 1.17. The molecular formula is C22H23Cl2N3O2S. The van der Waals surface area contributed by atoms with Gasteiger partial charge >= 0.3 is 0 Å². The standard InChI is InChI=1S/C22H23Cl2N3O2S/c1-26(19-13-28-21-17(29-19)7-6-15(23)20(21)24)12-14-8-10-27(11-9-14)22-25-16-4-2-3-5-18(16)30-22/h2-7,14,19H,8-13H2,1H3. The number of halogens is 2. The van der Waals surface area contributed by atoms with Crippen LogP contribution in [0.3, 0.4) is 0 Å². The van der Waals surface area contributed by atoms with Crippen molar-refractivity contribution in [3.8, 4) is 11.5 Å². The fraction of sp³-hybridized carbons (Fsp3) is 0.409. The van der Waals surface area contributed by atoms with Gasteiger partial charge in [-0.1, -0.05) is 46.7 Å². The van der Waals surface area contributed by atoms with E-state index in [4.69, 9.17) is 37.7 Å². The van der Waals surface area contributed by atoms with Gasteiger partial charge in [-0.3, -0.25) is 4.90 Å². The Morgan fingerprint density at radius 1 is 1.17 bits per heavy atom. The van der Waals surface area contributed by atoms with E-state index in [0.717, 1.165) is 43.1 Å². The van der Waals surface area contributed by atoms with Crippen LogP contribution < -0.4 is 14.4 Å². The molecule has 1 unspecified atom stereocenters. The monoisotopic (exact) mass is 463 g/mol. The van der Waals surface area contributed by atoms with Gasteiger partial charge in [-0.05, 0) is 50.1 Å². The van der Waals surface area contributed by atoms with E-state index in [2.05, 4.69) is 35.0 Å². The first-order valence-corrected chi connectivity index (χ1v) is 11.7. The van der Waals surface area contributed by atoms with Gasteiger partial charge in [-0.15, -0.1) is 0 Å². The molecule has 0 saturated carbocycles. The van der Waals surface area contributed by atoms with Gasteiger partial charge in [0.2, 0.25) is 0 Å². The van der Waals surface area contributed by atoms with Crippen molar-refractivity contribution < 1.29 is 9.47 Å². The fourth-order valence-electron chi connectivity index (χ4n) is 4.12. The summed E-state index contributed by atoms with van der Waals surface area (Å²) in [4.78, 5) is 9.47. The molecule has 0 radical (unpaired) electrons. The molecule has 2 aliphatic heterocycles. The smallest absolute Gasteiger partial charge is 0.186 e. The summed E-state index contributed by atoms with van der Waals surface area (Å²) in [6, 6.07) is 11.9. The van der Waals surface area contributed by atoms with E-state index in [9.17, 15) is 0 Å². The Labute approximate surface area is 190 Å². The number of likely N-dealkylation sites (N-methyl/N-ethyl adjacent to an activating group) is 1. The Morgan fingerprint density at radius 2 is 1.97 bits per heavy atom. The summed E-state index contributed by atoms with van der Waals surface area (Å²) in [5.74, 6) is 1.82. The topological polar surface area (TPSA) is 37.8 Å². The summed E-state index contributed by atoms with van der Waals surface area (Å²) in [6.45, 7) is 3.49. The number of aromatic nitrogens is 1. The highest BCUT2D eigenvalue weighted by atomic mass is 35.5. The second kappa shape index (κ2) is 8.42. The Hall–Kier alpha value is -1.73. The zero-order valence-corrected chi connectivity index (χ0v) is 19.0. The molecule has 0 aliphatic carbocycles.